The molecule has 0 spiro atoms. The molecule has 1 aliphatic rings. The van der Waals surface area contributed by atoms with Gasteiger partial charge < -0.3 is 14.6 Å². The molecular weight excluding hydrogens is 605 g/mol. The molecule has 0 bridgehead atoms. The van der Waals surface area contributed by atoms with Crippen LogP contribution in [0, 0.1) is 11.3 Å². The van der Waals surface area contributed by atoms with E-state index in [0.29, 0.717) is 23.0 Å². The maximum Gasteiger partial charge on any atom is 0.217 e. The van der Waals surface area contributed by atoms with Crippen LogP contribution in [0.5, 0.6) is 0 Å². The normalized spacial score (nSPS) is 13.4. The smallest absolute Gasteiger partial charge is 0.217 e. The van der Waals surface area contributed by atoms with Crippen LogP contribution in [-0.4, -0.2) is 41.0 Å². The van der Waals surface area contributed by atoms with E-state index in [-0.39, 0.29) is 6.04 Å². The first kappa shape index (κ1) is 30.1. The standard InChI is InChI=1S/C42H34N6O/c43-29-34-37(30-15-5-1-6-16-30)39(33-21-11-4-12-22-33)49-42(34)46-40-41(45-36-24-14-13-23-35(36)44-40)48-27-25-47(26-28-48)38(31-17-7-2-8-18-31)32-19-9-3-10-20-32/h1-24,38H,25-28H2,(H,44,46). The first-order valence-corrected chi connectivity index (χ1v) is 16.6. The average molecular weight is 639 g/mol. The van der Waals surface area contributed by atoms with Crippen LogP contribution < -0.4 is 10.2 Å². The molecule has 0 atom stereocenters. The summed E-state index contributed by atoms with van der Waals surface area (Å²) in [6, 6.07) is 51.7. The van der Waals surface area contributed by atoms with Crippen LogP contribution in [0.3, 0.4) is 0 Å². The lowest BCUT2D eigenvalue weighted by Crippen LogP contribution is -2.48. The van der Waals surface area contributed by atoms with Crippen LogP contribution >= 0.6 is 0 Å². The van der Waals surface area contributed by atoms with Gasteiger partial charge in [0, 0.05) is 37.3 Å². The topological polar surface area (TPSA) is 81.2 Å². The highest BCUT2D eigenvalue weighted by molar-refractivity contribution is 5.90. The van der Waals surface area contributed by atoms with Crippen LogP contribution in [0.4, 0.5) is 17.5 Å². The number of aromatic nitrogens is 2. The summed E-state index contributed by atoms with van der Waals surface area (Å²) < 4.78 is 6.55. The second kappa shape index (κ2) is 13.5. The lowest BCUT2D eigenvalue weighted by Gasteiger charge is -2.40. The summed E-state index contributed by atoms with van der Waals surface area (Å²) in [7, 11) is 0. The highest BCUT2D eigenvalue weighted by Crippen LogP contribution is 2.43. The van der Waals surface area contributed by atoms with E-state index in [1.54, 1.807) is 0 Å². The molecule has 1 aliphatic heterocycles. The molecule has 1 N–H and O–H groups in total. The van der Waals surface area contributed by atoms with Gasteiger partial charge in [-0.15, -0.1) is 0 Å². The van der Waals surface area contributed by atoms with Crippen molar-refractivity contribution in [2.45, 2.75) is 6.04 Å². The Hall–Kier alpha value is -6.23. The van der Waals surface area contributed by atoms with E-state index in [1.807, 2.05) is 84.9 Å². The van der Waals surface area contributed by atoms with Gasteiger partial charge in [0.25, 0.3) is 0 Å². The van der Waals surface area contributed by atoms with Gasteiger partial charge in [-0.3, -0.25) is 4.90 Å². The van der Waals surface area contributed by atoms with Crippen LogP contribution in [0.1, 0.15) is 22.7 Å². The monoisotopic (exact) mass is 638 g/mol. The number of furan rings is 1. The van der Waals surface area contributed by atoms with Crippen molar-refractivity contribution in [2.75, 3.05) is 36.4 Å². The van der Waals surface area contributed by atoms with Crippen molar-refractivity contribution in [3.63, 3.8) is 0 Å². The lowest BCUT2D eigenvalue weighted by molar-refractivity contribution is 0.212. The zero-order valence-electron chi connectivity index (χ0n) is 26.9. The predicted octanol–water partition coefficient (Wildman–Crippen LogP) is 9.08. The Morgan fingerprint density at radius 1 is 0.612 bits per heavy atom. The summed E-state index contributed by atoms with van der Waals surface area (Å²) >= 11 is 0. The van der Waals surface area contributed by atoms with Gasteiger partial charge in [0.1, 0.15) is 17.4 Å². The fraction of sp³-hybridized carbons (Fsp3) is 0.119. The van der Waals surface area contributed by atoms with Gasteiger partial charge in [-0.2, -0.15) is 5.26 Å². The van der Waals surface area contributed by atoms with E-state index < -0.39 is 0 Å². The lowest BCUT2D eigenvalue weighted by atomic mass is 9.96. The zero-order valence-corrected chi connectivity index (χ0v) is 26.9. The van der Waals surface area contributed by atoms with Gasteiger partial charge in [-0.1, -0.05) is 133 Å². The van der Waals surface area contributed by atoms with Crippen LogP contribution in [-0.2, 0) is 0 Å². The Balaban J connectivity index is 1.16. The molecule has 0 amide bonds. The Morgan fingerprint density at radius 2 is 1.12 bits per heavy atom. The van der Waals surface area contributed by atoms with Crippen molar-refractivity contribution in [3.05, 3.63) is 162 Å². The van der Waals surface area contributed by atoms with E-state index in [4.69, 9.17) is 14.4 Å². The summed E-state index contributed by atoms with van der Waals surface area (Å²) in [6.07, 6.45) is 0. The van der Waals surface area contributed by atoms with Crippen molar-refractivity contribution < 1.29 is 4.42 Å². The number of hydrogen-bond acceptors (Lipinski definition) is 7. The summed E-state index contributed by atoms with van der Waals surface area (Å²) in [5, 5.41) is 14.0. The third-order valence-electron chi connectivity index (χ3n) is 9.11. The number of nitriles is 1. The Bertz CT molecular complexity index is 2180. The van der Waals surface area contributed by atoms with Gasteiger partial charge >= 0.3 is 0 Å². The number of benzene rings is 5. The number of rotatable bonds is 8. The summed E-state index contributed by atoms with van der Waals surface area (Å²) in [6.45, 7) is 3.18. The molecule has 1 fully saturated rings. The third-order valence-corrected chi connectivity index (χ3v) is 9.11. The minimum atomic E-state index is 0.152. The fourth-order valence-corrected chi connectivity index (χ4v) is 6.78. The second-order valence-corrected chi connectivity index (χ2v) is 12.1. The van der Waals surface area contributed by atoms with E-state index in [0.717, 1.165) is 59.7 Å². The largest absolute Gasteiger partial charge is 0.438 e. The van der Waals surface area contributed by atoms with Crippen molar-refractivity contribution in [3.8, 4) is 28.5 Å². The number of para-hydroxylation sites is 2. The Morgan fingerprint density at radius 3 is 1.69 bits per heavy atom. The molecule has 7 nitrogen and oxygen atoms in total. The van der Waals surface area contributed by atoms with Crippen molar-refractivity contribution in [2.24, 2.45) is 0 Å². The van der Waals surface area contributed by atoms with Gasteiger partial charge in [0.2, 0.25) is 5.88 Å². The maximum absolute atomic E-state index is 10.6. The molecule has 7 aromatic rings. The van der Waals surface area contributed by atoms with Gasteiger partial charge in [-0.05, 0) is 28.8 Å². The maximum atomic E-state index is 10.6. The van der Waals surface area contributed by atoms with Gasteiger partial charge in [0.15, 0.2) is 11.6 Å². The second-order valence-electron chi connectivity index (χ2n) is 12.1. The number of anilines is 3. The quantitative estimate of drug-likeness (QED) is 0.178. The summed E-state index contributed by atoms with van der Waals surface area (Å²) in [4.78, 5) is 15.0. The molecule has 0 saturated carbocycles. The average Bonchev–Trinajstić information content (AvgIpc) is 3.54. The number of nitrogens with one attached hydrogen (secondary N) is 1. The highest BCUT2D eigenvalue weighted by Gasteiger charge is 2.30. The molecule has 0 aliphatic carbocycles. The van der Waals surface area contributed by atoms with Gasteiger partial charge in [-0.25, -0.2) is 9.97 Å². The van der Waals surface area contributed by atoms with Crippen molar-refractivity contribution in [1.29, 1.82) is 5.26 Å². The van der Waals surface area contributed by atoms with E-state index in [9.17, 15) is 5.26 Å². The molecule has 3 heterocycles. The minimum Gasteiger partial charge on any atom is -0.438 e. The molecular formula is C42H34N6O. The van der Waals surface area contributed by atoms with E-state index in [2.05, 4.69) is 81.8 Å². The molecule has 8 rings (SSSR count). The summed E-state index contributed by atoms with van der Waals surface area (Å²) in [5.41, 5.74) is 7.09. The zero-order chi connectivity index (χ0) is 33.0. The van der Waals surface area contributed by atoms with E-state index >= 15 is 0 Å². The molecule has 0 radical (unpaired) electrons. The van der Waals surface area contributed by atoms with Gasteiger partial charge in [0.05, 0.1) is 17.1 Å². The third kappa shape index (κ3) is 6.02. The Labute approximate surface area is 285 Å². The molecule has 238 valence electrons. The number of nitrogens with zero attached hydrogens (tertiary/aromatic N) is 5. The molecule has 1 saturated heterocycles. The predicted molar refractivity (Wildman–Crippen MR) is 196 cm³/mol. The van der Waals surface area contributed by atoms with Crippen molar-refractivity contribution >= 4 is 28.6 Å². The first-order chi connectivity index (χ1) is 24.3. The highest BCUT2D eigenvalue weighted by atomic mass is 16.4. The molecule has 49 heavy (non-hydrogen) atoms. The minimum absolute atomic E-state index is 0.152. The first-order valence-electron chi connectivity index (χ1n) is 16.6. The molecule has 2 aromatic heterocycles. The summed E-state index contributed by atoms with van der Waals surface area (Å²) in [5.74, 6) is 2.26. The van der Waals surface area contributed by atoms with Crippen LogP contribution in [0.25, 0.3) is 33.5 Å². The van der Waals surface area contributed by atoms with Crippen molar-refractivity contribution in [1.82, 2.24) is 14.9 Å². The molecule has 5 aromatic carbocycles. The Kier molecular flexibility index (Phi) is 8.29. The molecule has 0 unspecified atom stereocenters. The molecule has 7 heteroatoms. The number of piperazine rings is 1. The van der Waals surface area contributed by atoms with Crippen LogP contribution in [0.2, 0.25) is 0 Å². The van der Waals surface area contributed by atoms with Crippen LogP contribution in [0.15, 0.2) is 150 Å². The number of hydrogen-bond donors (Lipinski definition) is 1. The van der Waals surface area contributed by atoms with E-state index in [1.165, 1.54) is 11.1 Å². The number of fused-ring (bicyclic) bond motifs is 1. The fourth-order valence-electron chi connectivity index (χ4n) is 6.78. The SMILES string of the molecule is N#Cc1c(Nc2nc3ccccc3nc2N2CCN(C(c3ccccc3)c3ccccc3)CC2)oc(-c2ccccc2)c1-c1ccccc1.